The molecule has 0 atom stereocenters. The average molecular weight is 408 g/mol. The van der Waals surface area contributed by atoms with Crippen molar-refractivity contribution < 1.29 is 13.9 Å². The maximum Gasteiger partial charge on any atom is 0.191 e. The van der Waals surface area contributed by atoms with Crippen LogP contribution in [0.15, 0.2) is 47.6 Å². The molecule has 8 heteroatoms. The average Bonchev–Trinajstić information content (AvgIpc) is 3.09. The molecule has 0 unspecified atom stereocenters. The lowest BCUT2D eigenvalue weighted by molar-refractivity contribution is 0.288. The Bertz CT molecular complexity index is 920. The summed E-state index contributed by atoms with van der Waals surface area (Å²) >= 11 is 7.38. The Morgan fingerprint density at radius 1 is 1.15 bits per heavy atom. The molecular formula is C19H19ClFN3O2S. The van der Waals surface area contributed by atoms with Gasteiger partial charge in [0.25, 0.3) is 0 Å². The zero-order chi connectivity index (χ0) is 19.2. The number of aromatic nitrogens is 3. The van der Waals surface area contributed by atoms with Crippen molar-refractivity contribution in [3.63, 3.8) is 0 Å². The number of thioether (sulfide) groups is 1. The van der Waals surface area contributed by atoms with Gasteiger partial charge in [-0.15, -0.1) is 10.2 Å². The summed E-state index contributed by atoms with van der Waals surface area (Å²) in [5.41, 5.74) is 1.14. The Labute approximate surface area is 166 Å². The molecule has 2 aromatic carbocycles. The van der Waals surface area contributed by atoms with E-state index in [0.717, 1.165) is 28.8 Å². The van der Waals surface area contributed by atoms with Gasteiger partial charge in [-0.3, -0.25) is 0 Å². The number of benzene rings is 2. The highest BCUT2D eigenvalue weighted by molar-refractivity contribution is 7.98. The Morgan fingerprint density at radius 2 is 2.00 bits per heavy atom. The van der Waals surface area contributed by atoms with Gasteiger partial charge in [-0.2, -0.15) is 0 Å². The third-order valence-electron chi connectivity index (χ3n) is 3.87. The summed E-state index contributed by atoms with van der Waals surface area (Å²) in [4.78, 5) is 0. The van der Waals surface area contributed by atoms with Crippen LogP contribution in [-0.2, 0) is 18.9 Å². The molecule has 0 bridgehead atoms. The van der Waals surface area contributed by atoms with Crippen molar-refractivity contribution in [3.8, 4) is 11.5 Å². The molecule has 0 saturated carbocycles. The second-order valence-corrected chi connectivity index (χ2v) is 7.00. The maximum absolute atomic E-state index is 13.2. The van der Waals surface area contributed by atoms with E-state index in [1.165, 1.54) is 18.2 Å². The second-order valence-electron chi connectivity index (χ2n) is 5.65. The Morgan fingerprint density at radius 3 is 2.74 bits per heavy atom. The first-order chi connectivity index (χ1) is 13.1. The van der Waals surface area contributed by atoms with Gasteiger partial charge in [0, 0.05) is 18.4 Å². The Kier molecular flexibility index (Phi) is 6.58. The van der Waals surface area contributed by atoms with Crippen molar-refractivity contribution >= 4 is 23.4 Å². The number of ether oxygens (including phenoxy) is 2. The molecule has 3 aromatic rings. The lowest BCUT2D eigenvalue weighted by Gasteiger charge is -2.09. The molecule has 0 fully saturated rings. The molecule has 0 saturated heterocycles. The van der Waals surface area contributed by atoms with Gasteiger partial charge in [0.05, 0.1) is 12.1 Å². The summed E-state index contributed by atoms with van der Waals surface area (Å²) in [6.45, 7) is 2.97. The molecule has 0 aliphatic heterocycles. The van der Waals surface area contributed by atoms with Gasteiger partial charge in [0.2, 0.25) is 0 Å². The summed E-state index contributed by atoms with van der Waals surface area (Å²) in [7, 11) is 1.65. The summed E-state index contributed by atoms with van der Waals surface area (Å²) in [5, 5.41) is 9.33. The first-order valence-corrected chi connectivity index (χ1v) is 9.72. The molecule has 0 N–H and O–H groups in total. The number of nitrogens with zero attached hydrogens (tertiary/aromatic N) is 3. The van der Waals surface area contributed by atoms with Crippen LogP contribution in [0.4, 0.5) is 4.39 Å². The van der Waals surface area contributed by atoms with E-state index in [9.17, 15) is 4.39 Å². The van der Waals surface area contributed by atoms with Crippen molar-refractivity contribution in [2.75, 3.05) is 7.11 Å². The van der Waals surface area contributed by atoms with Crippen LogP contribution in [0.3, 0.4) is 0 Å². The molecule has 1 aromatic heterocycles. The van der Waals surface area contributed by atoms with Crippen LogP contribution in [0.2, 0.25) is 5.02 Å². The minimum Gasteiger partial charge on any atom is -0.497 e. The van der Waals surface area contributed by atoms with Gasteiger partial charge < -0.3 is 14.0 Å². The zero-order valence-electron chi connectivity index (χ0n) is 15.0. The zero-order valence-corrected chi connectivity index (χ0v) is 16.6. The molecule has 5 nitrogen and oxygen atoms in total. The molecule has 1 heterocycles. The van der Waals surface area contributed by atoms with Gasteiger partial charge in [-0.05, 0) is 36.8 Å². The molecule has 0 amide bonds. The van der Waals surface area contributed by atoms with Crippen LogP contribution in [-0.4, -0.2) is 21.9 Å². The van der Waals surface area contributed by atoms with Crippen molar-refractivity contribution in [1.29, 1.82) is 0 Å². The number of halogens is 2. The lowest BCUT2D eigenvalue weighted by atomic mass is 10.2. The SMILES string of the molecule is CCn1c(COc2ccc(F)c(Cl)c2)nnc1SCc1cccc(OC)c1. The third kappa shape index (κ3) is 4.93. The number of hydrogen-bond acceptors (Lipinski definition) is 5. The van der Waals surface area contributed by atoms with Crippen LogP contribution >= 0.6 is 23.4 Å². The molecule has 0 aliphatic rings. The number of methoxy groups -OCH3 is 1. The van der Waals surface area contributed by atoms with E-state index in [4.69, 9.17) is 21.1 Å². The van der Waals surface area contributed by atoms with Gasteiger partial charge in [-0.25, -0.2) is 4.39 Å². The molecular weight excluding hydrogens is 389 g/mol. The molecule has 3 rings (SSSR count). The van der Waals surface area contributed by atoms with E-state index < -0.39 is 5.82 Å². The summed E-state index contributed by atoms with van der Waals surface area (Å²) in [6, 6.07) is 12.2. The Hall–Kier alpha value is -2.25. The van der Waals surface area contributed by atoms with Gasteiger partial charge in [-0.1, -0.05) is 35.5 Å². The fraction of sp³-hybridized carbons (Fsp3) is 0.263. The summed E-state index contributed by atoms with van der Waals surface area (Å²) in [5.74, 6) is 2.29. The standard InChI is InChI=1S/C19H19ClFN3O2S/c1-3-24-18(11-26-15-7-8-17(21)16(20)10-15)22-23-19(24)27-12-13-5-4-6-14(9-13)25-2/h4-10H,3,11-12H2,1-2H3. The number of hydrogen-bond donors (Lipinski definition) is 0. The Balaban J connectivity index is 1.65. The maximum atomic E-state index is 13.2. The highest BCUT2D eigenvalue weighted by Crippen LogP contribution is 2.25. The van der Waals surface area contributed by atoms with Crippen LogP contribution in [0, 0.1) is 5.82 Å². The minimum atomic E-state index is -0.475. The number of rotatable bonds is 8. The topological polar surface area (TPSA) is 49.2 Å². The van der Waals surface area contributed by atoms with E-state index in [2.05, 4.69) is 10.2 Å². The van der Waals surface area contributed by atoms with E-state index in [1.807, 2.05) is 35.8 Å². The van der Waals surface area contributed by atoms with Crippen molar-refractivity contribution in [1.82, 2.24) is 14.8 Å². The first kappa shape index (κ1) is 19.5. The van der Waals surface area contributed by atoms with E-state index >= 15 is 0 Å². The highest BCUT2D eigenvalue weighted by atomic mass is 35.5. The molecule has 0 radical (unpaired) electrons. The van der Waals surface area contributed by atoms with Crippen molar-refractivity contribution in [2.45, 2.75) is 31.0 Å². The predicted molar refractivity (Wildman–Crippen MR) is 104 cm³/mol. The summed E-state index contributed by atoms with van der Waals surface area (Å²) in [6.07, 6.45) is 0. The molecule has 0 aliphatic carbocycles. The monoisotopic (exact) mass is 407 g/mol. The van der Waals surface area contributed by atoms with Crippen molar-refractivity contribution in [3.05, 3.63) is 64.7 Å². The molecule has 27 heavy (non-hydrogen) atoms. The fourth-order valence-corrected chi connectivity index (χ4v) is 3.61. The normalized spacial score (nSPS) is 10.8. The fourth-order valence-electron chi connectivity index (χ4n) is 2.47. The third-order valence-corrected chi connectivity index (χ3v) is 5.20. The molecule has 142 valence electrons. The van der Waals surface area contributed by atoms with Gasteiger partial charge in [0.1, 0.15) is 23.9 Å². The van der Waals surface area contributed by atoms with Crippen LogP contribution in [0.25, 0.3) is 0 Å². The van der Waals surface area contributed by atoms with E-state index in [-0.39, 0.29) is 11.6 Å². The first-order valence-electron chi connectivity index (χ1n) is 8.36. The van der Waals surface area contributed by atoms with E-state index in [1.54, 1.807) is 18.9 Å². The highest BCUT2D eigenvalue weighted by Gasteiger charge is 2.13. The lowest BCUT2D eigenvalue weighted by Crippen LogP contribution is -2.07. The van der Waals surface area contributed by atoms with Crippen LogP contribution in [0.5, 0.6) is 11.5 Å². The minimum absolute atomic E-state index is 0.0268. The van der Waals surface area contributed by atoms with Crippen molar-refractivity contribution in [2.24, 2.45) is 0 Å². The second kappa shape index (κ2) is 9.10. The van der Waals surface area contributed by atoms with Gasteiger partial charge >= 0.3 is 0 Å². The van der Waals surface area contributed by atoms with E-state index in [0.29, 0.717) is 11.6 Å². The quantitative estimate of drug-likeness (QED) is 0.493. The molecule has 0 spiro atoms. The smallest absolute Gasteiger partial charge is 0.191 e. The van der Waals surface area contributed by atoms with Crippen LogP contribution < -0.4 is 9.47 Å². The summed E-state index contributed by atoms with van der Waals surface area (Å²) < 4.78 is 26.2. The van der Waals surface area contributed by atoms with Gasteiger partial charge in [0.15, 0.2) is 11.0 Å². The largest absolute Gasteiger partial charge is 0.497 e. The predicted octanol–water partition coefficient (Wildman–Crippen LogP) is 4.97. The van der Waals surface area contributed by atoms with Crippen LogP contribution in [0.1, 0.15) is 18.3 Å².